The maximum atomic E-state index is 9.30. The van der Waals surface area contributed by atoms with Gasteiger partial charge in [0.1, 0.15) is 0 Å². The van der Waals surface area contributed by atoms with Crippen LogP contribution in [0.2, 0.25) is 0 Å². The van der Waals surface area contributed by atoms with Crippen LogP contribution in [0.25, 0.3) is 0 Å². The Morgan fingerprint density at radius 3 is 2.00 bits per heavy atom. The molecule has 4 bridgehead atoms. The molecule has 4 aliphatic carbocycles. The van der Waals surface area contributed by atoms with Crippen LogP contribution in [0.1, 0.15) is 45.4 Å². The maximum absolute atomic E-state index is 9.30. The van der Waals surface area contributed by atoms with E-state index in [1.54, 1.807) is 0 Å². The molecule has 0 heterocycles. The van der Waals surface area contributed by atoms with Crippen LogP contribution in [-0.4, -0.2) is 24.3 Å². The van der Waals surface area contributed by atoms with Crippen LogP contribution in [0.3, 0.4) is 0 Å². The Morgan fingerprint density at radius 1 is 1.12 bits per heavy atom. The Balaban J connectivity index is 0.00000108. The number of aliphatic hydroxyl groups excluding tert-OH is 1. The second-order valence-electron chi connectivity index (χ2n) is 6.90. The molecule has 1 unspecified atom stereocenters. The third-order valence-corrected chi connectivity index (χ3v) is 5.10. The predicted octanol–water partition coefficient (Wildman–Crippen LogP) is 2.60. The van der Waals surface area contributed by atoms with E-state index in [0.29, 0.717) is 5.41 Å². The minimum absolute atomic E-state index is 0. The lowest BCUT2D eigenvalue weighted by Gasteiger charge is -2.57. The Morgan fingerprint density at radius 2 is 1.59 bits per heavy atom. The molecular weight excluding hydrogens is 234 g/mol. The topological polar surface area (TPSA) is 32.3 Å². The Labute approximate surface area is 111 Å². The van der Waals surface area contributed by atoms with Crippen molar-refractivity contribution in [1.82, 2.24) is 5.32 Å². The van der Waals surface area contributed by atoms with Crippen LogP contribution in [0.4, 0.5) is 0 Å². The summed E-state index contributed by atoms with van der Waals surface area (Å²) in [6.07, 6.45) is 8.76. The molecule has 1 atom stereocenters. The van der Waals surface area contributed by atoms with Gasteiger partial charge < -0.3 is 10.4 Å². The smallest absolute Gasteiger partial charge is 0.0636 e. The molecule has 0 spiro atoms. The first-order valence-electron chi connectivity index (χ1n) is 7.04. The van der Waals surface area contributed by atoms with Gasteiger partial charge in [-0.15, -0.1) is 12.4 Å². The van der Waals surface area contributed by atoms with E-state index < -0.39 is 0 Å². The molecule has 3 heteroatoms. The summed E-state index contributed by atoms with van der Waals surface area (Å²) >= 11 is 0. The van der Waals surface area contributed by atoms with Gasteiger partial charge in [0.15, 0.2) is 0 Å². The first-order chi connectivity index (χ1) is 7.65. The monoisotopic (exact) mass is 259 g/mol. The van der Waals surface area contributed by atoms with E-state index >= 15 is 0 Å². The SMILES string of the molecule is CC(O)CNCC12CC3CC(CC(C3)C1)C2.Cl. The lowest BCUT2D eigenvalue weighted by molar-refractivity contribution is -0.0520. The second kappa shape index (κ2) is 5.07. The maximum Gasteiger partial charge on any atom is 0.0636 e. The van der Waals surface area contributed by atoms with Gasteiger partial charge in [0, 0.05) is 13.1 Å². The first-order valence-corrected chi connectivity index (χ1v) is 7.04. The average Bonchev–Trinajstić information content (AvgIpc) is 2.13. The van der Waals surface area contributed by atoms with E-state index in [1.165, 1.54) is 38.5 Å². The Bertz CT molecular complexity index is 232. The number of hydrogen-bond acceptors (Lipinski definition) is 2. The Kier molecular flexibility index (Phi) is 4.06. The number of rotatable bonds is 4. The highest BCUT2D eigenvalue weighted by atomic mass is 35.5. The van der Waals surface area contributed by atoms with Crippen molar-refractivity contribution in [2.75, 3.05) is 13.1 Å². The summed E-state index contributed by atoms with van der Waals surface area (Å²) in [4.78, 5) is 0. The van der Waals surface area contributed by atoms with Crippen molar-refractivity contribution in [2.24, 2.45) is 23.2 Å². The molecule has 17 heavy (non-hydrogen) atoms. The van der Waals surface area contributed by atoms with E-state index in [-0.39, 0.29) is 18.5 Å². The van der Waals surface area contributed by atoms with Gasteiger partial charge in [-0.1, -0.05) is 0 Å². The fourth-order valence-corrected chi connectivity index (χ4v) is 5.05. The number of nitrogens with one attached hydrogen (secondary N) is 1. The number of aliphatic hydroxyl groups is 1. The Hall–Kier alpha value is 0.210. The molecule has 0 aromatic heterocycles. The summed E-state index contributed by atoms with van der Waals surface area (Å²) in [6.45, 7) is 3.79. The van der Waals surface area contributed by atoms with Crippen LogP contribution in [0.5, 0.6) is 0 Å². The van der Waals surface area contributed by atoms with Crippen LogP contribution in [0.15, 0.2) is 0 Å². The molecule has 0 saturated heterocycles. The van der Waals surface area contributed by atoms with Crippen molar-refractivity contribution in [2.45, 2.75) is 51.6 Å². The summed E-state index contributed by atoms with van der Waals surface area (Å²) in [5, 5.41) is 12.8. The van der Waals surface area contributed by atoms with Crippen molar-refractivity contribution < 1.29 is 5.11 Å². The van der Waals surface area contributed by atoms with E-state index in [1.807, 2.05) is 6.92 Å². The van der Waals surface area contributed by atoms with Gasteiger partial charge in [0.2, 0.25) is 0 Å². The van der Waals surface area contributed by atoms with Crippen LogP contribution >= 0.6 is 12.4 Å². The van der Waals surface area contributed by atoms with Crippen LogP contribution < -0.4 is 5.32 Å². The van der Waals surface area contributed by atoms with Gasteiger partial charge in [-0.2, -0.15) is 0 Å². The van der Waals surface area contributed by atoms with Crippen molar-refractivity contribution >= 4 is 12.4 Å². The molecular formula is C14H26ClNO. The second-order valence-corrected chi connectivity index (χ2v) is 6.90. The quantitative estimate of drug-likeness (QED) is 0.814. The highest BCUT2D eigenvalue weighted by molar-refractivity contribution is 5.85. The first kappa shape index (κ1) is 13.6. The van der Waals surface area contributed by atoms with Crippen LogP contribution in [0, 0.1) is 23.2 Å². The molecule has 100 valence electrons. The zero-order valence-electron chi connectivity index (χ0n) is 10.8. The highest BCUT2D eigenvalue weighted by Gasteiger charge is 2.50. The summed E-state index contributed by atoms with van der Waals surface area (Å²) in [6, 6.07) is 0. The third-order valence-electron chi connectivity index (χ3n) is 5.10. The zero-order chi connectivity index (χ0) is 11.2. The summed E-state index contributed by atoms with van der Waals surface area (Å²) in [5.41, 5.74) is 0.615. The largest absolute Gasteiger partial charge is 0.392 e. The van der Waals surface area contributed by atoms with E-state index in [2.05, 4.69) is 5.32 Å². The molecule has 0 radical (unpaired) electrons. The fourth-order valence-electron chi connectivity index (χ4n) is 5.05. The molecule has 0 aliphatic heterocycles. The number of hydrogen-bond donors (Lipinski definition) is 2. The van der Waals surface area contributed by atoms with Crippen molar-refractivity contribution in [3.63, 3.8) is 0 Å². The van der Waals surface area contributed by atoms with E-state index in [9.17, 15) is 5.11 Å². The van der Waals surface area contributed by atoms with Gasteiger partial charge in [-0.25, -0.2) is 0 Å². The average molecular weight is 260 g/mol. The van der Waals surface area contributed by atoms with Gasteiger partial charge in [-0.05, 0) is 68.6 Å². The van der Waals surface area contributed by atoms with Crippen molar-refractivity contribution in [3.05, 3.63) is 0 Å². The molecule has 4 fully saturated rings. The third kappa shape index (κ3) is 2.80. The molecule has 2 nitrogen and oxygen atoms in total. The van der Waals surface area contributed by atoms with E-state index in [4.69, 9.17) is 0 Å². The standard InChI is InChI=1S/C14H25NO.ClH/c1-10(16)8-15-9-14-5-11-2-12(6-14)4-13(3-11)7-14;/h10-13,15-16H,2-9H2,1H3;1H. The molecule has 0 aromatic carbocycles. The molecule has 4 rings (SSSR count). The fraction of sp³-hybridized carbons (Fsp3) is 1.00. The minimum Gasteiger partial charge on any atom is -0.392 e. The summed E-state index contributed by atoms with van der Waals surface area (Å²) < 4.78 is 0. The van der Waals surface area contributed by atoms with E-state index in [0.717, 1.165) is 30.8 Å². The van der Waals surface area contributed by atoms with Gasteiger partial charge in [0.05, 0.1) is 6.10 Å². The van der Waals surface area contributed by atoms with Gasteiger partial charge >= 0.3 is 0 Å². The predicted molar refractivity (Wildman–Crippen MR) is 72.4 cm³/mol. The van der Waals surface area contributed by atoms with Gasteiger partial charge in [0.25, 0.3) is 0 Å². The minimum atomic E-state index is -0.200. The highest BCUT2D eigenvalue weighted by Crippen LogP contribution is 2.59. The zero-order valence-corrected chi connectivity index (χ0v) is 11.6. The molecule has 0 amide bonds. The lowest BCUT2D eigenvalue weighted by Crippen LogP contribution is -2.50. The summed E-state index contributed by atoms with van der Waals surface area (Å²) in [7, 11) is 0. The summed E-state index contributed by atoms with van der Waals surface area (Å²) in [5.74, 6) is 3.12. The van der Waals surface area contributed by atoms with Crippen molar-refractivity contribution in [1.29, 1.82) is 0 Å². The van der Waals surface area contributed by atoms with Gasteiger partial charge in [-0.3, -0.25) is 0 Å². The normalized spacial score (nSPS) is 44.5. The molecule has 4 saturated carbocycles. The molecule has 2 N–H and O–H groups in total. The van der Waals surface area contributed by atoms with Crippen molar-refractivity contribution in [3.8, 4) is 0 Å². The number of halogens is 1. The molecule has 0 aromatic rings. The molecule has 4 aliphatic rings. The lowest BCUT2D eigenvalue weighted by atomic mass is 9.49. The van der Waals surface area contributed by atoms with Crippen LogP contribution in [-0.2, 0) is 0 Å².